The Kier molecular flexibility index (Phi) is 3.76. The van der Waals surface area contributed by atoms with Crippen molar-refractivity contribution < 1.29 is 4.74 Å². The summed E-state index contributed by atoms with van der Waals surface area (Å²) >= 11 is 5.29. The molecule has 0 fully saturated rings. The molecule has 0 saturated carbocycles. The number of rotatable bonds is 4. The number of ether oxygens (including phenoxy) is 1. The zero-order valence-corrected chi connectivity index (χ0v) is 10.9. The fourth-order valence-corrected chi connectivity index (χ4v) is 2.14. The van der Waals surface area contributed by atoms with Crippen molar-refractivity contribution in [3.05, 3.63) is 46.5 Å². The third-order valence-corrected chi connectivity index (χ3v) is 3.02. The number of aryl methyl sites for hydroxylation is 1. The monoisotopic (exact) mass is 248 g/mol. The average Bonchev–Trinajstić information content (AvgIpc) is 2.72. The molecule has 0 aliphatic carbocycles. The van der Waals surface area contributed by atoms with Gasteiger partial charge in [-0.15, -0.1) is 0 Å². The summed E-state index contributed by atoms with van der Waals surface area (Å²) < 4.78 is 7.89. The van der Waals surface area contributed by atoms with Crippen LogP contribution in [0.4, 0.5) is 0 Å². The summed E-state index contributed by atoms with van der Waals surface area (Å²) in [6.45, 7) is 2.76. The molecule has 1 aromatic carbocycles. The maximum atomic E-state index is 5.29. The Morgan fingerprint density at radius 3 is 2.59 bits per heavy atom. The zero-order valence-electron chi connectivity index (χ0n) is 10.1. The first-order valence-corrected chi connectivity index (χ1v) is 6.04. The molecule has 17 heavy (non-hydrogen) atoms. The lowest BCUT2D eigenvalue weighted by Crippen LogP contribution is -1.99. The van der Waals surface area contributed by atoms with Gasteiger partial charge in [0.15, 0.2) is 4.77 Å². The highest BCUT2D eigenvalue weighted by Gasteiger charge is 2.04. The SMILES string of the molecule is CCc1c[nH]c(=S)n1-c1ccc(COC)cc1. The van der Waals surface area contributed by atoms with E-state index in [1.54, 1.807) is 7.11 Å². The molecule has 1 N–H and O–H groups in total. The van der Waals surface area contributed by atoms with Gasteiger partial charge in [-0.25, -0.2) is 0 Å². The van der Waals surface area contributed by atoms with Gasteiger partial charge < -0.3 is 9.72 Å². The number of H-pyrrole nitrogens is 1. The number of nitrogens with zero attached hydrogens (tertiary/aromatic N) is 1. The molecule has 0 aliphatic rings. The van der Waals surface area contributed by atoms with E-state index in [2.05, 4.69) is 40.7 Å². The maximum absolute atomic E-state index is 5.29. The van der Waals surface area contributed by atoms with Crippen LogP contribution in [0.5, 0.6) is 0 Å². The molecule has 0 aliphatic heterocycles. The Morgan fingerprint density at radius 2 is 2.00 bits per heavy atom. The predicted octanol–water partition coefficient (Wildman–Crippen LogP) is 3.24. The molecule has 0 saturated heterocycles. The van der Waals surface area contributed by atoms with Crippen molar-refractivity contribution in [2.24, 2.45) is 0 Å². The fraction of sp³-hybridized carbons (Fsp3) is 0.308. The molecule has 0 bridgehead atoms. The lowest BCUT2D eigenvalue weighted by atomic mass is 10.2. The highest BCUT2D eigenvalue weighted by Crippen LogP contribution is 2.14. The van der Waals surface area contributed by atoms with Crippen LogP contribution in [0.25, 0.3) is 5.69 Å². The first-order chi connectivity index (χ1) is 8.26. The summed E-state index contributed by atoms with van der Waals surface area (Å²) in [6.07, 6.45) is 2.92. The smallest absolute Gasteiger partial charge is 0.182 e. The van der Waals surface area contributed by atoms with Gasteiger partial charge in [0.25, 0.3) is 0 Å². The van der Waals surface area contributed by atoms with Gasteiger partial charge in [-0.1, -0.05) is 19.1 Å². The summed E-state index contributed by atoms with van der Waals surface area (Å²) in [5, 5.41) is 0. The minimum absolute atomic E-state index is 0.638. The van der Waals surface area contributed by atoms with Gasteiger partial charge in [0.2, 0.25) is 0 Å². The van der Waals surface area contributed by atoms with Gasteiger partial charge in [0, 0.05) is 24.7 Å². The molecule has 0 unspecified atom stereocenters. The Balaban J connectivity index is 2.39. The van der Waals surface area contributed by atoms with Crippen molar-refractivity contribution in [2.75, 3.05) is 7.11 Å². The molecule has 1 aromatic heterocycles. The second kappa shape index (κ2) is 5.29. The molecule has 0 radical (unpaired) electrons. The van der Waals surface area contributed by atoms with Crippen molar-refractivity contribution in [1.82, 2.24) is 9.55 Å². The van der Waals surface area contributed by atoms with Gasteiger partial charge in [0.05, 0.1) is 6.61 Å². The van der Waals surface area contributed by atoms with E-state index in [1.807, 2.05) is 6.20 Å². The number of aromatic nitrogens is 2. The highest BCUT2D eigenvalue weighted by atomic mass is 32.1. The van der Waals surface area contributed by atoms with Gasteiger partial charge in [-0.05, 0) is 36.3 Å². The van der Waals surface area contributed by atoms with Crippen LogP contribution in [0.3, 0.4) is 0 Å². The lowest BCUT2D eigenvalue weighted by Gasteiger charge is -2.07. The minimum Gasteiger partial charge on any atom is -0.380 e. The van der Waals surface area contributed by atoms with E-state index >= 15 is 0 Å². The van der Waals surface area contributed by atoms with E-state index in [0.717, 1.165) is 22.4 Å². The molecule has 2 aromatic rings. The summed E-state index contributed by atoms with van der Waals surface area (Å²) in [5.41, 5.74) is 3.44. The molecule has 90 valence electrons. The normalized spacial score (nSPS) is 10.7. The number of benzene rings is 1. The van der Waals surface area contributed by atoms with Crippen LogP contribution in [-0.4, -0.2) is 16.7 Å². The van der Waals surface area contributed by atoms with Crippen LogP contribution in [0, 0.1) is 4.77 Å². The van der Waals surface area contributed by atoms with Gasteiger partial charge in [-0.3, -0.25) is 4.57 Å². The number of methoxy groups -OCH3 is 1. The van der Waals surface area contributed by atoms with Crippen LogP contribution >= 0.6 is 12.2 Å². The average molecular weight is 248 g/mol. The van der Waals surface area contributed by atoms with Crippen molar-refractivity contribution in [1.29, 1.82) is 0 Å². The molecule has 3 nitrogen and oxygen atoms in total. The van der Waals surface area contributed by atoms with E-state index in [4.69, 9.17) is 17.0 Å². The Hall–Kier alpha value is -1.39. The summed E-state index contributed by atoms with van der Waals surface area (Å²) in [5.74, 6) is 0. The predicted molar refractivity (Wildman–Crippen MR) is 71.0 cm³/mol. The fourth-order valence-electron chi connectivity index (χ4n) is 1.86. The van der Waals surface area contributed by atoms with Crippen molar-refractivity contribution in [3.8, 4) is 5.69 Å². The summed E-state index contributed by atoms with van der Waals surface area (Å²) in [6, 6.07) is 8.26. The van der Waals surface area contributed by atoms with Gasteiger partial charge >= 0.3 is 0 Å². The number of imidazole rings is 1. The minimum atomic E-state index is 0.638. The van der Waals surface area contributed by atoms with E-state index < -0.39 is 0 Å². The second-order valence-electron chi connectivity index (χ2n) is 3.87. The molecule has 0 amide bonds. The molecule has 2 rings (SSSR count). The van der Waals surface area contributed by atoms with Crippen LogP contribution < -0.4 is 0 Å². The Labute approximate surface area is 106 Å². The van der Waals surface area contributed by atoms with E-state index in [9.17, 15) is 0 Å². The van der Waals surface area contributed by atoms with E-state index in [-0.39, 0.29) is 0 Å². The first kappa shape index (κ1) is 12.1. The second-order valence-corrected chi connectivity index (χ2v) is 4.26. The quantitative estimate of drug-likeness (QED) is 0.842. The van der Waals surface area contributed by atoms with Gasteiger partial charge in [-0.2, -0.15) is 0 Å². The largest absolute Gasteiger partial charge is 0.380 e. The standard InChI is InChI=1S/C13H16N2OS/c1-3-11-8-14-13(17)15(11)12-6-4-10(5-7-12)9-16-2/h4-8H,3,9H2,1-2H3,(H,14,17). The topological polar surface area (TPSA) is 29.9 Å². The van der Waals surface area contributed by atoms with Crippen molar-refractivity contribution >= 4 is 12.2 Å². The Bertz CT molecular complexity index is 539. The van der Waals surface area contributed by atoms with Gasteiger partial charge in [0.1, 0.15) is 0 Å². The number of aromatic amines is 1. The summed E-state index contributed by atoms with van der Waals surface area (Å²) in [4.78, 5) is 3.08. The van der Waals surface area contributed by atoms with Crippen LogP contribution in [0.15, 0.2) is 30.5 Å². The Morgan fingerprint density at radius 1 is 1.29 bits per heavy atom. The third-order valence-electron chi connectivity index (χ3n) is 2.72. The van der Waals surface area contributed by atoms with Crippen LogP contribution in [0.1, 0.15) is 18.2 Å². The van der Waals surface area contributed by atoms with Crippen molar-refractivity contribution in [3.63, 3.8) is 0 Å². The van der Waals surface area contributed by atoms with Crippen LogP contribution in [-0.2, 0) is 17.8 Å². The maximum Gasteiger partial charge on any atom is 0.182 e. The molecule has 0 atom stereocenters. The molecular weight excluding hydrogens is 232 g/mol. The molecule has 1 heterocycles. The van der Waals surface area contributed by atoms with E-state index in [1.165, 1.54) is 5.69 Å². The third kappa shape index (κ3) is 2.48. The lowest BCUT2D eigenvalue weighted by molar-refractivity contribution is 0.185. The number of nitrogens with one attached hydrogen (secondary N) is 1. The van der Waals surface area contributed by atoms with Crippen molar-refractivity contribution in [2.45, 2.75) is 20.0 Å². The molecule has 4 heteroatoms. The van der Waals surface area contributed by atoms with E-state index in [0.29, 0.717) is 6.61 Å². The summed E-state index contributed by atoms with van der Waals surface area (Å²) in [7, 11) is 1.70. The zero-order chi connectivity index (χ0) is 12.3. The number of hydrogen-bond acceptors (Lipinski definition) is 2. The molecule has 0 spiro atoms. The van der Waals surface area contributed by atoms with Crippen LogP contribution in [0.2, 0.25) is 0 Å². The number of hydrogen-bond donors (Lipinski definition) is 1. The highest BCUT2D eigenvalue weighted by molar-refractivity contribution is 7.71. The first-order valence-electron chi connectivity index (χ1n) is 5.63. The molecular formula is C13H16N2OS.